The monoisotopic (exact) mass is 319 g/mol. The summed E-state index contributed by atoms with van der Waals surface area (Å²) in [6.07, 6.45) is 1.27. The molecule has 0 atom stereocenters. The summed E-state index contributed by atoms with van der Waals surface area (Å²) in [5.41, 5.74) is -0.275. The van der Waals surface area contributed by atoms with E-state index in [0.29, 0.717) is 5.52 Å². The molecule has 0 bridgehead atoms. The lowest BCUT2D eigenvalue weighted by Gasteiger charge is -2.07. The third kappa shape index (κ3) is 2.43. The van der Waals surface area contributed by atoms with Crippen LogP contribution in [-0.2, 0) is 4.74 Å². The summed E-state index contributed by atoms with van der Waals surface area (Å²) in [4.78, 5) is 26.6. The molecule has 0 spiro atoms. The second-order valence-electron chi connectivity index (χ2n) is 3.66. The molecular formula is C12H8Cl3NO3. The highest BCUT2D eigenvalue weighted by Crippen LogP contribution is 2.34. The average Bonchev–Trinajstić information content (AvgIpc) is 2.36. The van der Waals surface area contributed by atoms with Crippen LogP contribution in [-0.4, -0.2) is 17.6 Å². The zero-order valence-corrected chi connectivity index (χ0v) is 12.0. The molecule has 7 heteroatoms. The number of aromatic amines is 1. The molecule has 1 N–H and O–H groups in total. The van der Waals surface area contributed by atoms with Crippen LogP contribution >= 0.6 is 34.8 Å². The summed E-state index contributed by atoms with van der Waals surface area (Å²) in [5.74, 6) is -0.715. The van der Waals surface area contributed by atoms with E-state index in [1.807, 2.05) is 0 Å². The van der Waals surface area contributed by atoms with Gasteiger partial charge in [0.05, 0.1) is 32.6 Å². The Balaban J connectivity index is 2.78. The average molecular weight is 321 g/mol. The van der Waals surface area contributed by atoms with Gasteiger partial charge in [-0.15, -0.1) is 0 Å². The fourth-order valence-electron chi connectivity index (χ4n) is 1.64. The molecular weight excluding hydrogens is 312 g/mol. The summed E-state index contributed by atoms with van der Waals surface area (Å²) in [6, 6.07) is 1.47. The fourth-order valence-corrected chi connectivity index (χ4v) is 2.33. The SMILES string of the molecule is CCOC(=O)c1c[nH]c2cc(Cl)c(Cl)c(Cl)c2c1=O. The van der Waals surface area contributed by atoms with Crippen molar-refractivity contribution in [1.29, 1.82) is 0 Å². The number of fused-ring (bicyclic) bond motifs is 1. The predicted octanol–water partition coefficient (Wildman–Crippen LogP) is 3.67. The molecule has 19 heavy (non-hydrogen) atoms. The summed E-state index contributed by atoms with van der Waals surface area (Å²) in [6.45, 7) is 1.82. The summed E-state index contributed by atoms with van der Waals surface area (Å²) < 4.78 is 4.79. The largest absolute Gasteiger partial charge is 0.462 e. The fraction of sp³-hybridized carbons (Fsp3) is 0.167. The highest BCUT2D eigenvalue weighted by atomic mass is 35.5. The van der Waals surface area contributed by atoms with Crippen molar-refractivity contribution in [2.24, 2.45) is 0 Å². The van der Waals surface area contributed by atoms with Gasteiger partial charge in [-0.1, -0.05) is 34.8 Å². The van der Waals surface area contributed by atoms with Gasteiger partial charge in [-0.2, -0.15) is 0 Å². The van der Waals surface area contributed by atoms with Crippen molar-refractivity contribution in [2.45, 2.75) is 6.92 Å². The smallest absolute Gasteiger partial charge is 0.343 e. The number of carbonyl (C=O) groups is 1. The van der Waals surface area contributed by atoms with Crippen LogP contribution in [0.2, 0.25) is 15.1 Å². The number of benzene rings is 1. The molecule has 2 aromatic rings. The number of nitrogens with one attached hydrogen (secondary N) is 1. The van der Waals surface area contributed by atoms with Crippen molar-refractivity contribution in [2.75, 3.05) is 6.61 Å². The molecule has 2 rings (SSSR count). The molecule has 0 aliphatic carbocycles. The Morgan fingerprint density at radius 2 is 2.00 bits per heavy atom. The molecule has 0 unspecified atom stereocenters. The molecule has 1 aromatic heterocycles. The molecule has 1 aromatic carbocycles. The number of aromatic nitrogens is 1. The van der Waals surface area contributed by atoms with Gasteiger partial charge in [-0.25, -0.2) is 4.79 Å². The lowest BCUT2D eigenvalue weighted by atomic mass is 10.1. The van der Waals surface area contributed by atoms with Gasteiger partial charge in [0.2, 0.25) is 5.43 Å². The van der Waals surface area contributed by atoms with Gasteiger partial charge >= 0.3 is 5.97 Å². The van der Waals surface area contributed by atoms with Gasteiger partial charge < -0.3 is 9.72 Å². The first-order valence-electron chi connectivity index (χ1n) is 5.33. The minimum atomic E-state index is -0.715. The highest BCUT2D eigenvalue weighted by molar-refractivity contribution is 6.50. The van der Waals surface area contributed by atoms with Crippen molar-refractivity contribution in [3.8, 4) is 0 Å². The minimum Gasteiger partial charge on any atom is -0.462 e. The normalized spacial score (nSPS) is 10.7. The molecule has 1 heterocycles. The standard InChI is InChI=1S/C12H8Cl3NO3/c1-2-19-12(18)5-4-16-7-3-6(13)9(14)10(15)8(7)11(5)17/h3-4H,2H2,1H3,(H,16,17). The van der Waals surface area contributed by atoms with E-state index >= 15 is 0 Å². The molecule has 0 saturated heterocycles. The van der Waals surface area contributed by atoms with E-state index < -0.39 is 11.4 Å². The van der Waals surface area contributed by atoms with Gasteiger partial charge in [-0.3, -0.25) is 4.79 Å². The zero-order chi connectivity index (χ0) is 14.2. The topological polar surface area (TPSA) is 59.2 Å². The lowest BCUT2D eigenvalue weighted by Crippen LogP contribution is -2.18. The van der Waals surface area contributed by atoms with Gasteiger partial charge in [0.1, 0.15) is 5.56 Å². The van der Waals surface area contributed by atoms with E-state index in [4.69, 9.17) is 39.5 Å². The quantitative estimate of drug-likeness (QED) is 0.678. The summed E-state index contributed by atoms with van der Waals surface area (Å²) in [7, 11) is 0. The Hall–Kier alpha value is -1.23. The van der Waals surface area contributed by atoms with Crippen molar-refractivity contribution < 1.29 is 9.53 Å². The molecule has 0 aliphatic rings. The van der Waals surface area contributed by atoms with Crippen molar-refractivity contribution in [3.05, 3.63) is 43.1 Å². The van der Waals surface area contributed by atoms with E-state index in [9.17, 15) is 9.59 Å². The maximum absolute atomic E-state index is 12.2. The first kappa shape index (κ1) is 14.2. The second-order valence-corrected chi connectivity index (χ2v) is 4.82. The number of carbonyl (C=O) groups excluding carboxylic acids is 1. The number of halogens is 3. The first-order valence-corrected chi connectivity index (χ1v) is 6.46. The molecule has 0 radical (unpaired) electrons. The van der Waals surface area contributed by atoms with E-state index in [0.717, 1.165) is 0 Å². The number of ether oxygens (including phenoxy) is 1. The predicted molar refractivity (Wildman–Crippen MR) is 75.6 cm³/mol. The Labute approximate surface area is 123 Å². The minimum absolute atomic E-state index is 0.0107. The third-order valence-electron chi connectivity index (χ3n) is 2.50. The number of H-pyrrole nitrogens is 1. The zero-order valence-electron chi connectivity index (χ0n) is 9.72. The molecule has 0 amide bonds. The van der Waals surface area contributed by atoms with E-state index in [2.05, 4.69) is 4.98 Å². The first-order chi connectivity index (χ1) is 8.97. The van der Waals surface area contributed by atoms with Crippen LogP contribution in [0.5, 0.6) is 0 Å². The van der Waals surface area contributed by atoms with Gasteiger partial charge in [-0.05, 0) is 13.0 Å². The van der Waals surface area contributed by atoms with Gasteiger partial charge in [0.15, 0.2) is 0 Å². The summed E-state index contributed by atoms with van der Waals surface area (Å²) >= 11 is 17.8. The number of hydrogen-bond donors (Lipinski definition) is 1. The van der Waals surface area contributed by atoms with Gasteiger partial charge in [0, 0.05) is 6.20 Å². The molecule has 0 saturated carbocycles. The van der Waals surface area contributed by atoms with Crippen LogP contribution in [0.15, 0.2) is 17.1 Å². The lowest BCUT2D eigenvalue weighted by molar-refractivity contribution is 0.0524. The van der Waals surface area contributed by atoms with Crippen LogP contribution in [0.4, 0.5) is 0 Å². The molecule has 100 valence electrons. The Morgan fingerprint density at radius 1 is 1.32 bits per heavy atom. The van der Waals surface area contributed by atoms with Crippen molar-refractivity contribution >= 4 is 51.7 Å². The van der Waals surface area contributed by atoms with E-state index in [1.54, 1.807) is 6.92 Å². The Bertz CT molecular complexity index is 724. The Kier molecular flexibility index (Phi) is 4.04. The number of esters is 1. The number of pyridine rings is 1. The van der Waals surface area contributed by atoms with Crippen LogP contribution in [0, 0.1) is 0 Å². The summed E-state index contributed by atoms with van der Waals surface area (Å²) in [5, 5.41) is 0.416. The molecule has 0 aliphatic heterocycles. The van der Waals surface area contributed by atoms with Crippen LogP contribution < -0.4 is 5.43 Å². The van der Waals surface area contributed by atoms with Crippen LogP contribution in [0.1, 0.15) is 17.3 Å². The Morgan fingerprint density at radius 3 is 2.63 bits per heavy atom. The second kappa shape index (κ2) is 5.41. The van der Waals surface area contributed by atoms with Gasteiger partial charge in [0.25, 0.3) is 0 Å². The number of hydrogen-bond acceptors (Lipinski definition) is 3. The maximum atomic E-state index is 12.2. The third-order valence-corrected chi connectivity index (χ3v) is 3.76. The van der Waals surface area contributed by atoms with E-state index in [1.165, 1.54) is 12.3 Å². The highest BCUT2D eigenvalue weighted by Gasteiger charge is 2.18. The molecule has 4 nitrogen and oxygen atoms in total. The molecule has 0 fully saturated rings. The van der Waals surface area contributed by atoms with Crippen LogP contribution in [0.25, 0.3) is 10.9 Å². The van der Waals surface area contributed by atoms with Crippen LogP contribution in [0.3, 0.4) is 0 Å². The van der Waals surface area contributed by atoms with Crippen molar-refractivity contribution in [3.63, 3.8) is 0 Å². The van der Waals surface area contributed by atoms with Crippen molar-refractivity contribution in [1.82, 2.24) is 4.98 Å². The maximum Gasteiger partial charge on any atom is 0.343 e. The van der Waals surface area contributed by atoms with E-state index in [-0.39, 0.29) is 32.6 Å². The number of rotatable bonds is 2.